The number of nitrogens with zero attached hydrogens (tertiary/aromatic N) is 5. The molecule has 0 unspecified atom stereocenters. The van der Waals surface area contributed by atoms with Crippen LogP contribution < -0.4 is 19.7 Å². The standard InChI is InChI=1S/C19H13Cl2F3N4O3S.C13H7Cl2F3N2O4S.C6H8N2.CH4/c1-28(16-4-2-3-7-25-16)18(29)17-15(8-11(20)10-26-17)27-32(30,31)12-5-6-14(21)13(9-12)19(22,23)24;14-6-3-10(11(12(21)22)19-5-6)20-25(23,24)7-1-2-9(15)8(4-7)13(16,17)18;1-7-6-4-2-3-5-8-6;/h2-10,27H,1H3;1-5,20H,(H,21,22);2-5H,1H3,(H,7,8);1H4. The molecule has 0 atom stereocenters. The maximum atomic E-state index is 13.1. The quantitative estimate of drug-likeness (QED) is 0.0944. The van der Waals surface area contributed by atoms with Crippen molar-refractivity contribution in [1.29, 1.82) is 0 Å². The second-order valence-corrected chi connectivity index (χ2v) is 17.5. The number of sulfonamides is 2. The number of anilines is 4. The number of hydrogen-bond acceptors (Lipinski definition) is 11. The van der Waals surface area contributed by atoms with E-state index >= 15 is 0 Å². The van der Waals surface area contributed by atoms with Crippen LogP contribution in [0, 0.1) is 0 Å². The van der Waals surface area contributed by atoms with Gasteiger partial charge in [-0.25, -0.2) is 41.6 Å². The number of rotatable bonds is 10. The topological polar surface area (TPSA) is 214 Å². The van der Waals surface area contributed by atoms with E-state index in [4.69, 9.17) is 51.5 Å². The molecule has 4 heterocycles. The van der Waals surface area contributed by atoms with Gasteiger partial charge in [0.25, 0.3) is 26.0 Å². The maximum absolute atomic E-state index is 13.1. The van der Waals surface area contributed by atoms with E-state index in [9.17, 15) is 52.8 Å². The number of halogens is 10. The average molecular weight is 1040 g/mol. The molecule has 27 heteroatoms. The number of carbonyl (C=O) groups excluding carboxylic acids is 1. The minimum Gasteiger partial charge on any atom is -0.476 e. The fourth-order valence-electron chi connectivity index (χ4n) is 4.89. The summed E-state index contributed by atoms with van der Waals surface area (Å²) in [4.78, 5) is 39.0. The summed E-state index contributed by atoms with van der Waals surface area (Å²) in [5.74, 6) is -1.12. The molecule has 4 N–H and O–H groups in total. The Morgan fingerprint density at radius 2 is 1.08 bits per heavy atom. The summed E-state index contributed by atoms with van der Waals surface area (Å²) in [5.41, 5.74) is -4.50. The molecule has 0 bridgehead atoms. The SMILES string of the molecule is C.CN(C(=O)c1ncc(Cl)cc1NS(=O)(=O)c1ccc(Cl)c(C(F)(F)F)c1)c1ccccn1.CNc1ccccn1.O=C(O)c1ncc(Cl)cc1NS(=O)(=O)c1ccc(Cl)c(C(F)(F)F)c1. The van der Waals surface area contributed by atoms with Crippen LogP contribution in [0.4, 0.5) is 49.4 Å². The van der Waals surface area contributed by atoms with Gasteiger partial charge in [-0.2, -0.15) is 26.3 Å². The van der Waals surface area contributed by atoms with Gasteiger partial charge in [0.15, 0.2) is 11.4 Å². The van der Waals surface area contributed by atoms with Crippen molar-refractivity contribution < 1.29 is 57.9 Å². The lowest BCUT2D eigenvalue weighted by Crippen LogP contribution is -2.29. The zero-order valence-corrected chi connectivity index (χ0v) is 37.3. The highest BCUT2D eigenvalue weighted by Gasteiger charge is 2.36. The first-order valence-corrected chi connectivity index (χ1v) is 21.8. The van der Waals surface area contributed by atoms with Crippen molar-refractivity contribution in [2.45, 2.75) is 29.6 Å². The summed E-state index contributed by atoms with van der Waals surface area (Å²) >= 11 is 22.5. The van der Waals surface area contributed by atoms with Crippen LogP contribution in [0.15, 0.2) is 120 Å². The number of aromatic carboxylic acids is 1. The summed E-state index contributed by atoms with van der Waals surface area (Å²) < 4.78 is 132. The van der Waals surface area contributed by atoms with Crippen molar-refractivity contribution in [3.63, 3.8) is 0 Å². The van der Waals surface area contributed by atoms with Crippen molar-refractivity contribution in [2.24, 2.45) is 0 Å². The Hall–Kier alpha value is -5.98. The highest BCUT2D eigenvalue weighted by molar-refractivity contribution is 7.93. The Labute approximate surface area is 392 Å². The number of alkyl halides is 6. The smallest absolute Gasteiger partial charge is 0.417 e. The Morgan fingerprint density at radius 1 is 0.636 bits per heavy atom. The van der Waals surface area contributed by atoms with E-state index in [-0.39, 0.29) is 34.7 Å². The van der Waals surface area contributed by atoms with Crippen molar-refractivity contribution >= 4 is 101 Å². The third-order valence-corrected chi connectivity index (χ3v) is 11.7. The Balaban J connectivity index is 0.000000301. The molecule has 352 valence electrons. The van der Waals surface area contributed by atoms with Crippen molar-refractivity contribution in [3.05, 3.63) is 152 Å². The summed E-state index contributed by atoms with van der Waals surface area (Å²) in [6.07, 6.45) is -4.42. The molecule has 6 aromatic rings. The Kier molecular flexibility index (Phi) is 18.5. The van der Waals surface area contributed by atoms with Crippen LogP contribution in [0.25, 0.3) is 0 Å². The van der Waals surface area contributed by atoms with Gasteiger partial charge in [-0.1, -0.05) is 66.0 Å². The highest BCUT2D eigenvalue weighted by atomic mass is 35.5. The summed E-state index contributed by atoms with van der Waals surface area (Å²) in [6, 6.07) is 16.7. The van der Waals surface area contributed by atoms with E-state index in [1.54, 1.807) is 24.4 Å². The Bertz CT molecular complexity index is 2910. The van der Waals surface area contributed by atoms with Gasteiger partial charge in [-0.15, -0.1) is 0 Å². The fourth-order valence-corrected chi connectivity index (χ4v) is 7.82. The number of pyridine rings is 4. The van der Waals surface area contributed by atoms with Crippen LogP contribution in [0.5, 0.6) is 0 Å². The van der Waals surface area contributed by atoms with Gasteiger partial charge in [0.1, 0.15) is 11.6 Å². The summed E-state index contributed by atoms with van der Waals surface area (Å²) in [7, 11) is -5.88. The molecular weight excluding hydrogens is 1010 g/mol. The van der Waals surface area contributed by atoms with E-state index in [2.05, 4.69) is 30.0 Å². The molecule has 15 nitrogen and oxygen atoms in total. The largest absolute Gasteiger partial charge is 0.476 e. The van der Waals surface area contributed by atoms with Gasteiger partial charge in [0, 0.05) is 38.9 Å². The number of nitrogens with one attached hydrogen (secondary N) is 3. The lowest BCUT2D eigenvalue weighted by Gasteiger charge is -2.18. The zero-order valence-electron chi connectivity index (χ0n) is 32.6. The van der Waals surface area contributed by atoms with Crippen molar-refractivity contribution in [1.82, 2.24) is 19.9 Å². The number of benzene rings is 2. The van der Waals surface area contributed by atoms with E-state index in [0.29, 0.717) is 12.1 Å². The first-order valence-electron chi connectivity index (χ1n) is 17.4. The van der Waals surface area contributed by atoms with Crippen molar-refractivity contribution in [3.8, 4) is 0 Å². The number of carboxylic acids is 1. The van der Waals surface area contributed by atoms with Crippen LogP contribution in [0.1, 0.15) is 39.5 Å². The highest BCUT2D eigenvalue weighted by Crippen LogP contribution is 2.38. The third-order valence-electron chi connectivity index (χ3n) is 7.93. The molecule has 0 saturated heterocycles. The predicted molar refractivity (Wildman–Crippen MR) is 237 cm³/mol. The molecule has 6 rings (SSSR count). The van der Waals surface area contributed by atoms with E-state index < -0.39 is 86.6 Å². The summed E-state index contributed by atoms with van der Waals surface area (Å²) in [6.45, 7) is 0. The van der Waals surface area contributed by atoms with Gasteiger partial charge < -0.3 is 10.4 Å². The monoisotopic (exact) mass is 1040 g/mol. The molecule has 0 aliphatic carbocycles. The van der Waals surface area contributed by atoms with Crippen LogP contribution >= 0.6 is 46.4 Å². The van der Waals surface area contributed by atoms with Gasteiger partial charge in [-0.05, 0) is 72.8 Å². The Morgan fingerprint density at radius 3 is 1.45 bits per heavy atom. The molecule has 0 aliphatic rings. The number of hydrogen-bond donors (Lipinski definition) is 4. The van der Waals surface area contributed by atoms with E-state index in [1.807, 2.05) is 30.0 Å². The van der Waals surface area contributed by atoms with Gasteiger partial charge in [0.2, 0.25) is 0 Å². The van der Waals surface area contributed by atoms with Gasteiger partial charge in [-0.3, -0.25) is 19.1 Å². The third kappa shape index (κ3) is 14.5. The molecule has 4 aromatic heterocycles. The minimum absolute atomic E-state index is 0. The number of amides is 1. The molecule has 0 fully saturated rings. The molecule has 1 amide bonds. The zero-order chi connectivity index (χ0) is 48.5. The van der Waals surface area contributed by atoms with E-state index in [0.717, 1.165) is 59.5 Å². The van der Waals surface area contributed by atoms with Crippen LogP contribution in [-0.4, -0.2) is 67.8 Å². The minimum atomic E-state index is -4.87. The normalized spacial score (nSPS) is 11.3. The number of carbonyl (C=O) groups is 2. The fraction of sp³-hybridized carbons (Fsp3) is 0.128. The summed E-state index contributed by atoms with van der Waals surface area (Å²) in [5, 5.41) is 10.5. The molecule has 66 heavy (non-hydrogen) atoms. The molecule has 0 aliphatic heterocycles. The molecule has 0 saturated carbocycles. The van der Waals surface area contributed by atoms with Crippen LogP contribution in [-0.2, 0) is 32.4 Å². The van der Waals surface area contributed by atoms with Crippen LogP contribution in [0.2, 0.25) is 20.1 Å². The molecule has 2 aromatic carbocycles. The number of carboxylic acid groups (broad SMARTS) is 1. The lowest BCUT2D eigenvalue weighted by molar-refractivity contribution is -0.138. The van der Waals surface area contributed by atoms with Gasteiger partial charge >= 0.3 is 18.3 Å². The van der Waals surface area contributed by atoms with Crippen LogP contribution in [0.3, 0.4) is 0 Å². The average Bonchev–Trinajstić information content (AvgIpc) is 3.23. The lowest BCUT2D eigenvalue weighted by atomic mass is 10.2. The molecule has 0 spiro atoms. The van der Waals surface area contributed by atoms with E-state index in [1.165, 1.54) is 13.2 Å². The second kappa shape index (κ2) is 22.5. The number of aromatic nitrogens is 4. The second-order valence-electron chi connectivity index (χ2n) is 12.4. The molecular formula is C39H32Cl4F6N8O7S2. The molecule has 0 radical (unpaired) electrons. The maximum Gasteiger partial charge on any atom is 0.417 e. The first-order chi connectivity index (χ1) is 30.2. The van der Waals surface area contributed by atoms with Crippen molar-refractivity contribution in [2.75, 3.05) is 33.8 Å². The first kappa shape index (κ1) is 54.4. The predicted octanol–water partition coefficient (Wildman–Crippen LogP) is 10.5. The van der Waals surface area contributed by atoms with Gasteiger partial charge in [0.05, 0.1) is 52.4 Å².